The number of hydrogen-bond donors (Lipinski definition) is 4. The predicted octanol–water partition coefficient (Wildman–Crippen LogP) is 4.56. The first-order valence-electron chi connectivity index (χ1n) is 10.9. The summed E-state index contributed by atoms with van der Waals surface area (Å²) in [5.74, 6) is 2.06. The molecule has 1 heterocycles. The third-order valence-corrected chi connectivity index (χ3v) is 6.43. The Balaban J connectivity index is 1.88. The minimum absolute atomic E-state index is 0.0148. The van der Waals surface area contributed by atoms with Crippen LogP contribution in [-0.4, -0.2) is 36.0 Å². The molecular formula is C24H32N4O2S. The van der Waals surface area contributed by atoms with Crippen LogP contribution in [0.3, 0.4) is 0 Å². The van der Waals surface area contributed by atoms with Crippen molar-refractivity contribution < 1.29 is 9.53 Å². The molecule has 6 nitrogen and oxygen atoms in total. The molecule has 166 valence electrons. The Labute approximate surface area is 188 Å². The van der Waals surface area contributed by atoms with E-state index in [0.717, 1.165) is 36.2 Å². The van der Waals surface area contributed by atoms with Gasteiger partial charge in [0.2, 0.25) is 0 Å². The molecule has 7 heteroatoms. The van der Waals surface area contributed by atoms with Crippen LogP contribution in [0.25, 0.3) is 0 Å². The van der Waals surface area contributed by atoms with Gasteiger partial charge in [-0.25, -0.2) is 4.79 Å². The van der Waals surface area contributed by atoms with E-state index in [9.17, 15) is 4.79 Å². The lowest BCUT2D eigenvalue weighted by Crippen LogP contribution is -2.26. The van der Waals surface area contributed by atoms with Crippen molar-refractivity contribution in [2.75, 3.05) is 28.7 Å². The number of ether oxygens (including phenoxy) is 1. The maximum Gasteiger partial charge on any atom is 0.333 e. The monoisotopic (exact) mass is 440 g/mol. The highest BCUT2D eigenvalue weighted by atomic mass is 32.2. The fourth-order valence-corrected chi connectivity index (χ4v) is 4.77. The Hall–Kier alpha value is -2.67. The Bertz CT molecular complexity index is 895. The van der Waals surface area contributed by atoms with Crippen molar-refractivity contribution in [1.29, 1.82) is 5.41 Å². The first-order chi connectivity index (χ1) is 15.0. The zero-order chi connectivity index (χ0) is 22.2. The summed E-state index contributed by atoms with van der Waals surface area (Å²) in [4.78, 5) is 12.9. The summed E-state index contributed by atoms with van der Waals surface area (Å²) in [7, 11) is 0. The number of benzene rings is 2. The van der Waals surface area contributed by atoms with Gasteiger partial charge in [0.15, 0.2) is 6.04 Å². The minimum Gasteiger partial charge on any atom is -0.464 e. The molecule has 0 amide bonds. The number of amidine groups is 1. The van der Waals surface area contributed by atoms with Crippen molar-refractivity contribution in [2.24, 2.45) is 5.73 Å². The fraction of sp³-hybridized carbons (Fsp3) is 0.417. The van der Waals surface area contributed by atoms with Crippen LogP contribution in [0.1, 0.15) is 49.4 Å². The van der Waals surface area contributed by atoms with Gasteiger partial charge in [-0.3, -0.25) is 5.41 Å². The summed E-state index contributed by atoms with van der Waals surface area (Å²) < 4.78 is 5.38. The van der Waals surface area contributed by atoms with Crippen molar-refractivity contribution in [3.63, 3.8) is 0 Å². The normalized spacial score (nSPS) is 15.2. The molecule has 0 spiro atoms. The minimum atomic E-state index is -0.628. The third-order valence-electron chi connectivity index (χ3n) is 5.38. The molecule has 3 rings (SSSR count). The van der Waals surface area contributed by atoms with Gasteiger partial charge in [0.25, 0.3) is 0 Å². The summed E-state index contributed by atoms with van der Waals surface area (Å²) in [6.07, 6.45) is 3.18. The lowest BCUT2D eigenvalue weighted by atomic mass is 10.00. The molecule has 1 fully saturated rings. The molecule has 0 radical (unpaired) electrons. The number of nitrogens with one attached hydrogen (secondary N) is 3. The van der Waals surface area contributed by atoms with Crippen LogP contribution < -0.4 is 16.4 Å². The number of esters is 1. The van der Waals surface area contributed by atoms with E-state index in [1.165, 1.54) is 17.1 Å². The van der Waals surface area contributed by atoms with Crippen LogP contribution >= 0.6 is 11.8 Å². The highest BCUT2D eigenvalue weighted by molar-refractivity contribution is 7.99. The number of thioether (sulfide) groups is 1. The Morgan fingerprint density at radius 1 is 1.16 bits per heavy atom. The van der Waals surface area contributed by atoms with E-state index in [2.05, 4.69) is 35.8 Å². The van der Waals surface area contributed by atoms with Gasteiger partial charge in [0.05, 0.1) is 6.61 Å². The summed E-state index contributed by atoms with van der Waals surface area (Å²) >= 11 is 2.01. The molecule has 2 aromatic rings. The summed E-state index contributed by atoms with van der Waals surface area (Å²) in [6.45, 7) is 4.25. The Morgan fingerprint density at radius 3 is 2.48 bits per heavy atom. The van der Waals surface area contributed by atoms with Gasteiger partial charge in [-0.15, -0.1) is 0 Å². The van der Waals surface area contributed by atoms with Crippen LogP contribution in [0.5, 0.6) is 0 Å². The number of carbonyl (C=O) groups excluding carboxylic acids is 1. The second-order valence-electron chi connectivity index (χ2n) is 7.67. The van der Waals surface area contributed by atoms with E-state index in [0.29, 0.717) is 18.2 Å². The zero-order valence-corrected chi connectivity index (χ0v) is 19.1. The topological polar surface area (TPSA) is 100 Å². The SMILES string of the molecule is CCOC(=O)C(Nc1ccc(C(=N)N)cc1)c1cc(CC)cc(NC2CCSCC2)c1. The smallest absolute Gasteiger partial charge is 0.333 e. The maximum atomic E-state index is 12.9. The summed E-state index contributed by atoms with van der Waals surface area (Å²) in [6, 6.07) is 13.3. The predicted molar refractivity (Wildman–Crippen MR) is 130 cm³/mol. The van der Waals surface area contributed by atoms with E-state index >= 15 is 0 Å². The number of nitrogen functional groups attached to an aromatic ring is 1. The first kappa shape index (κ1) is 23.0. The van der Waals surface area contributed by atoms with Crippen molar-refractivity contribution in [2.45, 2.75) is 45.2 Å². The van der Waals surface area contributed by atoms with Gasteiger partial charge < -0.3 is 21.1 Å². The van der Waals surface area contributed by atoms with E-state index in [1.54, 1.807) is 12.1 Å². The van der Waals surface area contributed by atoms with Gasteiger partial charge >= 0.3 is 5.97 Å². The van der Waals surface area contributed by atoms with Crippen LogP contribution in [0, 0.1) is 5.41 Å². The van der Waals surface area contributed by atoms with Gasteiger partial charge in [-0.1, -0.05) is 13.0 Å². The molecule has 1 saturated heterocycles. The van der Waals surface area contributed by atoms with E-state index < -0.39 is 6.04 Å². The standard InChI is InChI=1S/C24H32N4O2S/c1-3-16-13-18(15-21(14-16)27-20-9-11-31-12-10-20)22(24(29)30-4-2)28-19-7-5-17(6-8-19)23(25)26/h5-8,13-15,20,22,27-28H,3-4,9-12H2,1-2H3,(H3,25,26). The molecule has 5 N–H and O–H groups in total. The lowest BCUT2D eigenvalue weighted by Gasteiger charge is -2.25. The van der Waals surface area contributed by atoms with E-state index in [-0.39, 0.29) is 11.8 Å². The second kappa shape index (κ2) is 11.1. The average molecular weight is 441 g/mol. The van der Waals surface area contributed by atoms with Crippen molar-refractivity contribution in [1.82, 2.24) is 0 Å². The van der Waals surface area contributed by atoms with Gasteiger partial charge in [0, 0.05) is 23.0 Å². The van der Waals surface area contributed by atoms with Gasteiger partial charge in [0.1, 0.15) is 5.84 Å². The van der Waals surface area contributed by atoms with Crippen LogP contribution in [-0.2, 0) is 16.0 Å². The Morgan fingerprint density at radius 2 is 1.87 bits per heavy atom. The van der Waals surface area contributed by atoms with Crippen molar-refractivity contribution in [3.8, 4) is 0 Å². The third kappa shape index (κ3) is 6.40. The molecular weight excluding hydrogens is 408 g/mol. The first-order valence-corrected chi connectivity index (χ1v) is 12.0. The Kier molecular flexibility index (Phi) is 8.23. The summed E-state index contributed by atoms with van der Waals surface area (Å²) in [5, 5.41) is 14.5. The zero-order valence-electron chi connectivity index (χ0n) is 18.2. The molecule has 1 atom stereocenters. The molecule has 0 aromatic heterocycles. The molecule has 0 bridgehead atoms. The number of nitrogens with two attached hydrogens (primary N) is 1. The molecule has 2 aromatic carbocycles. The quantitative estimate of drug-likeness (QED) is 0.259. The molecule has 0 aliphatic carbocycles. The second-order valence-corrected chi connectivity index (χ2v) is 8.89. The molecule has 1 aliphatic heterocycles. The van der Waals surface area contributed by atoms with Gasteiger partial charge in [-0.05, 0) is 85.2 Å². The number of rotatable bonds is 9. The highest BCUT2D eigenvalue weighted by Gasteiger charge is 2.24. The van der Waals surface area contributed by atoms with Crippen molar-refractivity contribution >= 4 is 34.9 Å². The van der Waals surface area contributed by atoms with E-state index in [1.807, 2.05) is 30.8 Å². The number of carbonyl (C=O) groups is 1. The lowest BCUT2D eigenvalue weighted by molar-refractivity contribution is -0.144. The largest absolute Gasteiger partial charge is 0.464 e. The van der Waals surface area contributed by atoms with E-state index in [4.69, 9.17) is 15.9 Å². The number of aryl methyl sites for hydroxylation is 1. The van der Waals surface area contributed by atoms with Crippen LogP contribution in [0.15, 0.2) is 42.5 Å². The molecule has 1 aliphatic rings. The molecule has 0 saturated carbocycles. The molecule has 1 unspecified atom stereocenters. The van der Waals surface area contributed by atoms with Gasteiger partial charge in [-0.2, -0.15) is 11.8 Å². The number of anilines is 2. The molecule has 31 heavy (non-hydrogen) atoms. The maximum absolute atomic E-state index is 12.9. The fourth-order valence-electron chi connectivity index (χ4n) is 3.67. The summed E-state index contributed by atoms with van der Waals surface area (Å²) in [5.41, 5.74) is 10.1. The highest BCUT2D eigenvalue weighted by Crippen LogP contribution is 2.28. The van der Waals surface area contributed by atoms with Crippen LogP contribution in [0.2, 0.25) is 0 Å². The van der Waals surface area contributed by atoms with Crippen LogP contribution in [0.4, 0.5) is 11.4 Å². The average Bonchev–Trinajstić information content (AvgIpc) is 2.78. The number of hydrogen-bond acceptors (Lipinski definition) is 6. The van der Waals surface area contributed by atoms with Crippen molar-refractivity contribution in [3.05, 3.63) is 59.2 Å².